The van der Waals surface area contributed by atoms with Gasteiger partial charge in [0, 0.05) is 11.3 Å². The average Bonchev–Trinajstić information content (AvgIpc) is 3.26. The molecule has 5 nitrogen and oxygen atoms in total. The second kappa shape index (κ2) is 6.46. The van der Waals surface area contributed by atoms with E-state index in [1.165, 1.54) is 0 Å². The van der Waals surface area contributed by atoms with Gasteiger partial charge in [-0.3, -0.25) is 0 Å². The molecule has 0 radical (unpaired) electrons. The van der Waals surface area contributed by atoms with E-state index in [1.807, 2.05) is 0 Å². The standard InChI is InChI=1S/C15H26N2O3S/c1-3-11-4-6-15(7-5-11,12(18)19)17-13(20)16-10-14(21-2)8-9-14/h11H,3-10H2,1-2H3,(H,18,19)(H2,16,17,20). The molecular formula is C15H26N2O3S. The summed E-state index contributed by atoms with van der Waals surface area (Å²) in [5, 5.41) is 15.1. The minimum Gasteiger partial charge on any atom is -0.480 e. The summed E-state index contributed by atoms with van der Waals surface area (Å²) < 4.78 is 0.188. The second-order valence-electron chi connectivity index (χ2n) is 6.43. The van der Waals surface area contributed by atoms with E-state index in [4.69, 9.17) is 0 Å². The predicted octanol–water partition coefficient (Wildman–Crippen LogP) is 2.60. The largest absolute Gasteiger partial charge is 0.480 e. The van der Waals surface area contributed by atoms with Crippen LogP contribution in [0.3, 0.4) is 0 Å². The summed E-state index contributed by atoms with van der Waals surface area (Å²) in [4.78, 5) is 23.7. The first kappa shape index (κ1) is 16.5. The summed E-state index contributed by atoms with van der Waals surface area (Å²) in [5.41, 5.74) is -1.08. The highest BCUT2D eigenvalue weighted by Gasteiger charge is 2.45. The molecule has 2 rings (SSSR count). The van der Waals surface area contributed by atoms with Crippen molar-refractivity contribution in [3.05, 3.63) is 0 Å². The van der Waals surface area contributed by atoms with Gasteiger partial charge in [0.05, 0.1) is 0 Å². The van der Waals surface area contributed by atoms with Gasteiger partial charge in [0.2, 0.25) is 0 Å². The molecule has 3 N–H and O–H groups in total. The molecule has 6 heteroatoms. The topological polar surface area (TPSA) is 78.4 Å². The van der Waals surface area contributed by atoms with E-state index in [-0.39, 0.29) is 10.8 Å². The molecule has 0 saturated heterocycles. The summed E-state index contributed by atoms with van der Waals surface area (Å²) in [6.45, 7) is 2.75. The molecule has 120 valence electrons. The zero-order valence-corrected chi connectivity index (χ0v) is 13.7. The minimum absolute atomic E-state index is 0.188. The SMILES string of the molecule is CCC1CCC(NC(=O)NCC2(SC)CC2)(C(=O)O)CC1. The molecule has 2 saturated carbocycles. The number of carbonyl (C=O) groups is 2. The molecule has 2 aliphatic rings. The van der Waals surface area contributed by atoms with Gasteiger partial charge in [-0.05, 0) is 50.7 Å². The highest BCUT2D eigenvalue weighted by Crippen LogP contribution is 2.46. The van der Waals surface area contributed by atoms with Crippen LogP contribution in [0.4, 0.5) is 4.79 Å². The Hall–Kier alpha value is -0.910. The van der Waals surface area contributed by atoms with Crippen molar-refractivity contribution in [3.63, 3.8) is 0 Å². The molecule has 0 unspecified atom stereocenters. The molecule has 0 aromatic carbocycles. The van der Waals surface area contributed by atoms with Gasteiger partial charge in [-0.25, -0.2) is 9.59 Å². The third kappa shape index (κ3) is 3.84. The Morgan fingerprint density at radius 3 is 2.29 bits per heavy atom. The number of thioether (sulfide) groups is 1. The second-order valence-corrected chi connectivity index (χ2v) is 7.71. The van der Waals surface area contributed by atoms with Gasteiger partial charge in [-0.1, -0.05) is 13.3 Å². The first-order chi connectivity index (χ1) is 9.95. The van der Waals surface area contributed by atoms with Crippen LogP contribution in [0.5, 0.6) is 0 Å². The van der Waals surface area contributed by atoms with Gasteiger partial charge in [0.1, 0.15) is 5.54 Å². The van der Waals surface area contributed by atoms with E-state index in [9.17, 15) is 14.7 Å². The van der Waals surface area contributed by atoms with Crippen molar-refractivity contribution in [2.45, 2.75) is 62.2 Å². The molecule has 0 bridgehead atoms. The Labute approximate surface area is 130 Å². The van der Waals surface area contributed by atoms with Crippen LogP contribution < -0.4 is 10.6 Å². The van der Waals surface area contributed by atoms with Crippen LogP contribution in [-0.2, 0) is 4.79 Å². The van der Waals surface area contributed by atoms with Crippen LogP contribution in [0.15, 0.2) is 0 Å². The highest BCUT2D eigenvalue weighted by atomic mass is 32.2. The quantitative estimate of drug-likeness (QED) is 0.704. The fraction of sp³-hybridized carbons (Fsp3) is 0.867. The molecule has 21 heavy (non-hydrogen) atoms. The van der Waals surface area contributed by atoms with Crippen molar-refractivity contribution in [1.82, 2.24) is 10.6 Å². The molecule has 0 aromatic heterocycles. The summed E-state index contributed by atoms with van der Waals surface area (Å²) >= 11 is 1.78. The van der Waals surface area contributed by atoms with E-state index < -0.39 is 11.5 Å². The number of rotatable bonds is 6. The number of hydrogen-bond acceptors (Lipinski definition) is 3. The van der Waals surface area contributed by atoms with Gasteiger partial charge < -0.3 is 15.7 Å². The van der Waals surface area contributed by atoms with Gasteiger partial charge in [-0.15, -0.1) is 0 Å². The van der Waals surface area contributed by atoms with E-state index in [0.29, 0.717) is 25.3 Å². The fourth-order valence-electron chi connectivity index (χ4n) is 3.07. The van der Waals surface area contributed by atoms with Crippen molar-refractivity contribution in [3.8, 4) is 0 Å². The van der Waals surface area contributed by atoms with Crippen LogP contribution in [0, 0.1) is 5.92 Å². The molecule has 0 spiro atoms. The van der Waals surface area contributed by atoms with Crippen LogP contribution in [-0.4, -0.2) is 40.2 Å². The lowest BCUT2D eigenvalue weighted by molar-refractivity contribution is -0.146. The number of carbonyl (C=O) groups excluding carboxylic acids is 1. The summed E-state index contributed by atoms with van der Waals surface area (Å²) in [6.07, 6.45) is 8.18. The lowest BCUT2D eigenvalue weighted by Gasteiger charge is -2.37. The lowest BCUT2D eigenvalue weighted by atomic mass is 9.75. The predicted molar refractivity (Wildman–Crippen MR) is 84.6 cm³/mol. The highest BCUT2D eigenvalue weighted by molar-refractivity contribution is 8.00. The molecule has 0 heterocycles. The van der Waals surface area contributed by atoms with Crippen LogP contribution in [0.1, 0.15) is 51.9 Å². The number of carboxylic acid groups (broad SMARTS) is 1. The minimum atomic E-state index is -1.08. The van der Waals surface area contributed by atoms with Gasteiger partial charge in [0.25, 0.3) is 0 Å². The number of amides is 2. The number of aliphatic carboxylic acids is 1. The first-order valence-electron chi connectivity index (χ1n) is 7.80. The maximum atomic E-state index is 12.1. The Kier molecular flexibility index (Phi) is 5.07. The Balaban J connectivity index is 1.88. The molecule has 0 atom stereocenters. The van der Waals surface area contributed by atoms with Crippen molar-refractivity contribution < 1.29 is 14.7 Å². The van der Waals surface area contributed by atoms with E-state index in [2.05, 4.69) is 23.8 Å². The van der Waals surface area contributed by atoms with Crippen LogP contribution in [0.2, 0.25) is 0 Å². The molecule has 2 amide bonds. The molecule has 0 aliphatic heterocycles. The van der Waals surface area contributed by atoms with Gasteiger partial charge >= 0.3 is 12.0 Å². The summed E-state index contributed by atoms with van der Waals surface area (Å²) in [6, 6.07) is -0.340. The summed E-state index contributed by atoms with van der Waals surface area (Å²) in [5.74, 6) is -0.313. The van der Waals surface area contributed by atoms with Gasteiger partial charge in [-0.2, -0.15) is 11.8 Å². The lowest BCUT2D eigenvalue weighted by Crippen LogP contribution is -2.59. The molecule has 2 fully saturated rings. The first-order valence-corrected chi connectivity index (χ1v) is 9.02. The zero-order valence-electron chi connectivity index (χ0n) is 12.9. The third-order valence-corrected chi connectivity index (χ3v) is 6.53. The van der Waals surface area contributed by atoms with Crippen molar-refractivity contribution in [1.29, 1.82) is 0 Å². The maximum Gasteiger partial charge on any atom is 0.329 e. The smallest absolute Gasteiger partial charge is 0.329 e. The normalized spacial score (nSPS) is 30.5. The number of nitrogens with one attached hydrogen (secondary N) is 2. The fourth-order valence-corrected chi connectivity index (χ4v) is 3.79. The maximum absolute atomic E-state index is 12.1. The van der Waals surface area contributed by atoms with Gasteiger partial charge in [0.15, 0.2) is 0 Å². The van der Waals surface area contributed by atoms with E-state index in [0.717, 1.165) is 32.1 Å². The Bertz CT molecular complexity index is 402. The Morgan fingerprint density at radius 1 is 1.24 bits per heavy atom. The third-order valence-electron chi connectivity index (χ3n) is 5.11. The summed E-state index contributed by atoms with van der Waals surface area (Å²) in [7, 11) is 0. The van der Waals surface area contributed by atoms with Crippen LogP contribution in [0.25, 0.3) is 0 Å². The van der Waals surface area contributed by atoms with E-state index >= 15 is 0 Å². The molecule has 2 aliphatic carbocycles. The van der Waals surface area contributed by atoms with Crippen molar-refractivity contribution in [2.24, 2.45) is 5.92 Å². The molecule has 0 aromatic rings. The van der Waals surface area contributed by atoms with Crippen molar-refractivity contribution >= 4 is 23.8 Å². The zero-order chi connectivity index (χ0) is 15.5. The van der Waals surface area contributed by atoms with Crippen LogP contribution >= 0.6 is 11.8 Å². The monoisotopic (exact) mass is 314 g/mol. The van der Waals surface area contributed by atoms with Crippen molar-refractivity contribution in [2.75, 3.05) is 12.8 Å². The number of hydrogen-bond donors (Lipinski definition) is 3. The number of urea groups is 1. The molecular weight excluding hydrogens is 288 g/mol. The van der Waals surface area contributed by atoms with E-state index in [1.54, 1.807) is 11.8 Å². The number of carboxylic acids is 1. The average molecular weight is 314 g/mol. The Morgan fingerprint density at radius 2 is 1.86 bits per heavy atom.